The molecule has 0 N–H and O–H groups in total. The van der Waals surface area contributed by atoms with Gasteiger partial charge in [-0.25, -0.2) is 0 Å². The monoisotopic (exact) mass is 492 g/mol. The van der Waals surface area contributed by atoms with Crippen molar-refractivity contribution in [1.82, 2.24) is 0 Å². The molecule has 2 aliphatic rings. The first kappa shape index (κ1) is 20.6. The summed E-state index contributed by atoms with van der Waals surface area (Å²) in [5.74, 6) is 0. The molecule has 0 radical (unpaired) electrons. The van der Waals surface area contributed by atoms with Gasteiger partial charge in [0.2, 0.25) is 0 Å². The van der Waals surface area contributed by atoms with E-state index in [0.717, 1.165) is 0 Å². The summed E-state index contributed by atoms with van der Waals surface area (Å²) in [6, 6.07) is 41.7. The number of nitrogens with zero attached hydrogens (tertiary/aromatic N) is 2. The second-order valence-electron chi connectivity index (χ2n) is 9.26. The maximum atomic E-state index is 2.52. The zero-order valence-corrected chi connectivity index (χ0v) is 21.1. The van der Waals surface area contributed by atoms with E-state index in [9.17, 15) is 0 Å². The third-order valence-corrected chi connectivity index (χ3v) is 17.4. The van der Waals surface area contributed by atoms with Crippen molar-refractivity contribution in [2.24, 2.45) is 0 Å². The molecule has 3 heteroatoms. The first-order valence-electron chi connectivity index (χ1n) is 12.2. The van der Waals surface area contributed by atoms with Crippen molar-refractivity contribution >= 4 is 42.2 Å². The summed E-state index contributed by atoms with van der Waals surface area (Å²) in [5, 5.41) is 0. The second kappa shape index (κ2) is 8.75. The average molecular weight is 491 g/mol. The predicted molar refractivity (Wildman–Crippen MR) is 144 cm³/mol. The fourth-order valence-electron chi connectivity index (χ4n) is 5.40. The molecular weight excluding hydrogens is 461 g/mol. The van der Waals surface area contributed by atoms with Crippen molar-refractivity contribution in [3.8, 4) is 0 Å². The molecule has 0 bridgehead atoms. The molecule has 4 aromatic carbocycles. The van der Waals surface area contributed by atoms with Crippen LogP contribution in [0.3, 0.4) is 0 Å². The molecule has 2 nitrogen and oxygen atoms in total. The molecule has 2 aliphatic heterocycles. The van der Waals surface area contributed by atoms with Crippen molar-refractivity contribution in [2.75, 3.05) is 36.0 Å². The SMILES string of the molecule is c1cc[c]([Ge]([c]2ccccc2)([c]2cccc(N3CCC3)c2)[c]2cccc(N3CCC3)c2)cc1. The van der Waals surface area contributed by atoms with Gasteiger partial charge in [-0.3, -0.25) is 0 Å². The van der Waals surface area contributed by atoms with Crippen molar-refractivity contribution < 1.29 is 0 Å². The maximum absolute atomic E-state index is 3.22. The number of anilines is 2. The second-order valence-corrected chi connectivity index (χ2v) is 17.3. The van der Waals surface area contributed by atoms with Gasteiger partial charge in [0.05, 0.1) is 0 Å². The third-order valence-electron chi connectivity index (χ3n) is 7.41. The quantitative estimate of drug-likeness (QED) is 0.382. The molecule has 0 aromatic heterocycles. The zero-order chi connectivity index (χ0) is 22.1. The molecule has 0 unspecified atom stereocenters. The van der Waals surface area contributed by atoms with Gasteiger partial charge < -0.3 is 0 Å². The van der Waals surface area contributed by atoms with E-state index in [1.165, 1.54) is 68.0 Å². The predicted octanol–water partition coefficient (Wildman–Crippen LogP) is 3.48. The topological polar surface area (TPSA) is 6.48 Å². The Morgan fingerprint density at radius 2 is 0.818 bits per heavy atom. The summed E-state index contributed by atoms with van der Waals surface area (Å²) in [6.45, 7) is 4.68. The van der Waals surface area contributed by atoms with Gasteiger partial charge in [-0.05, 0) is 0 Å². The van der Waals surface area contributed by atoms with Crippen molar-refractivity contribution in [2.45, 2.75) is 12.8 Å². The first-order valence-corrected chi connectivity index (χ1v) is 16.4. The molecule has 0 spiro atoms. The van der Waals surface area contributed by atoms with Gasteiger partial charge in [-0.2, -0.15) is 0 Å². The van der Waals surface area contributed by atoms with Gasteiger partial charge in [-0.1, -0.05) is 0 Å². The molecule has 2 fully saturated rings. The minimum absolute atomic E-state index is 1.17. The zero-order valence-electron chi connectivity index (χ0n) is 19.0. The summed E-state index contributed by atoms with van der Waals surface area (Å²) in [4.78, 5) is 5.03. The van der Waals surface area contributed by atoms with Crippen LogP contribution in [0.1, 0.15) is 12.8 Å². The molecule has 0 aliphatic carbocycles. The van der Waals surface area contributed by atoms with Crippen molar-refractivity contribution in [3.63, 3.8) is 0 Å². The van der Waals surface area contributed by atoms with Crippen LogP contribution in [0.4, 0.5) is 11.4 Å². The molecule has 33 heavy (non-hydrogen) atoms. The summed E-state index contributed by atoms with van der Waals surface area (Å²) in [6.07, 6.45) is 2.60. The normalized spacial score (nSPS) is 15.6. The Hall–Kier alpha value is -2.98. The fraction of sp³-hybridized carbons (Fsp3) is 0.200. The van der Waals surface area contributed by atoms with Gasteiger partial charge in [0.15, 0.2) is 0 Å². The van der Waals surface area contributed by atoms with E-state index >= 15 is 0 Å². The van der Waals surface area contributed by atoms with E-state index in [0.29, 0.717) is 0 Å². The number of benzene rings is 4. The Labute approximate surface area is 199 Å². The van der Waals surface area contributed by atoms with Crippen LogP contribution in [0.15, 0.2) is 109 Å². The summed E-state index contributed by atoms with van der Waals surface area (Å²) in [7, 11) is 0. The van der Waals surface area contributed by atoms with Crippen LogP contribution in [0.5, 0.6) is 0 Å². The van der Waals surface area contributed by atoms with E-state index in [-0.39, 0.29) is 0 Å². The van der Waals surface area contributed by atoms with Crippen LogP contribution in [0.2, 0.25) is 0 Å². The van der Waals surface area contributed by atoms with Crippen LogP contribution in [0.25, 0.3) is 0 Å². The number of rotatable bonds is 6. The fourth-order valence-corrected chi connectivity index (χ4v) is 15.5. The molecule has 164 valence electrons. The Balaban J connectivity index is 1.64. The standard InChI is InChI=1S/C30H30GeN2/c1-3-11-25(12-4-1)31(26-13-5-2-6-14-26,27-15-7-17-29(23-27)32-19-9-20-32)28-16-8-18-30(24-28)33-21-10-22-33/h1-8,11-18,23-24H,9-10,19-22H2. The van der Waals surface area contributed by atoms with Crippen LogP contribution in [-0.4, -0.2) is 39.4 Å². The molecule has 2 saturated heterocycles. The molecule has 2 heterocycles. The van der Waals surface area contributed by atoms with Crippen molar-refractivity contribution in [3.05, 3.63) is 109 Å². The van der Waals surface area contributed by atoms with E-state index in [1.54, 1.807) is 0 Å². The Morgan fingerprint density at radius 1 is 0.424 bits per heavy atom. The summed E-state index contributed by atoms with van der Waals surface area (Å²) >= 11 is -3.22. The average Bonchev–Trinajstić information content (AvgIpc) is 2.80. The van der Waals surface area contributed by atoms with Crippen molar-refractivity contribution in [1.29, 1.82) is 0 Å². The minimum atomic E-state index is -3.22. The summed E-state index contributed by atoms with van der Waals surface area (Å²) < 4.78 is 6.01. The number of hydrogen-bond acceptors (Lipinski definition) is 2. The van der Waals surface area contributed by atoms with E-state index < -0.39 is 13.3 Å². The Bertz CT molecular complexity index is 1130. The molecule has 6 rings (SSSR count). The van der Waals surface area contributed by atoms with E-state index in [2.05, 4.69) is 119 Å². The first-order chi connectivity index (χ1) is 16.4. The van der Waals surface area contributed by atoms with E-state index in [4.69, 9.17) is 0 Å². The van der Waals surface area contributed by atoms with Crippen LogP contribution in [-0.2, 0) is 0 Å². The molecule has 4 aromatic rings. The van der Waals surface area contributed by atoms with Gasteiger partial charge >= 0.3 is 200 Å². The van der Waals surface area contributed by atoms with Gasteiger partial charge in [0, 0.05) is 0 Å². The molecular formula is C30H30GeN2. The van der Waals surface area contributed by atoms with E-state index in [1.807, 2.05) is 0 Å². The summed E-state index contributed by atoms with van der Waals surface area (Å²) in [5.41, 5.74) is 2.75. The van der Waals surface area contributed by atoms with Gasteiger partial charge in [0.25, 0.3) is 0 Å². The Morgan fingerprint density at radius 3 is 1.18 bits per heavy atom. The Kier molecular flexibility index (Phi) is 5.47. The molecule has 0 amide bonds. The van der Waals surface area contributed by atoms with Crippen LogP contribution >= 0.6 is 0 Å². The van der Waals surface area contributed by atoms with Gasteiger partial charge in [-0.15, -0.1) is 0 Å². The molecule has 0 atom stereocenters. The van der Waals surface area contributed by atoms with Gasteiger partial charge in [0.1, 0.15) is 0 Å². The molecule has 0 saturated carbocycles. The third kappa shape index (κ3) is 3.57. The van der Waals surface area contributed by atoms with Crippen LogP contribution in [0, 0.1) is 0 Å². The van der Waals surface area contributed by atoms with Crippen LogP contribution < -0.4 is 27.4 Å². The number of hydrogen-bond donors (Lipinski definition) is 0.